The number of aryl methyl sites for hydroxylation is 1. The third-order valence-corrected chi connectivity index (χ3v) is 5.64. The number of hydrogen-bond acceptors (Lipinski definition) is 6. The van der Waals surface area contributed by atoms with Crippen LogP contribution in [0.5, 0.6) is 0 Å². The van der Waals surface area contributed by atoms with Crippen LogP contribution in [0.25, 0.3) is 0 Å². The molecule has 30 heavy (non-hydrogen) atoms. The summed E-state index contributed by atoms with van der Waals surface area (Å²) in [6.45, 7) is 7.97. The molecule has 0 bridgehead atoms. The lowest BCUT2D eigenvalue weighted by Crippen LogP contribution is -2.63. The number of benzene rings is 1. The molecule has 1 N–H and O–H groups in total. The Balaban J connectivity index is 1.44. The van der Waals surface area contributed by atoms with Gasteiger partial charge in [-0.2, -0.15) is 0 Å². The van der Waals surface area contributed by atoms with Gasteiger partial charge in [-0.05, 0) is 44.9 Å². The summed E-state index contributed by atoms with van der Waals surface area (Å²) in [4.78, 5) is 29.2. The Morgan fingerprint density at radius 1 is 1.23 bits per heavy atom. The molecule has 3 aliphatic heterocycles. The number of epoxide rings is 1. The average Bonchev–Trinajstić information content (AvgIpc) is 3.45. The molecule has 0 saturated carbocycles. The van der Waals surface area contributed by atoms with Crippen molar-refractivity contribution in [2.75, 3.05) is 31.1 Å². The number of ether oxygens (including phenoxy) is 2. The van der Waals surface area contributed by atoms with Crippen molar-refractivity contribution < 1.29 is 28.6 Å². The van der Waals surface area contributed by atoms with Gasteiger partial charge in [0.05, 0.1) is 0 Å². The molecule has 0 aliphatic carbocycles. The molecule has 3 fully saturated rings. The number of carboxylic acids is 1. The molecule has 1 aromatic carbocycles. The number of hydrogen-bond donors (Lipinski definition) is 1. The minimum Gasteiger partial charge on any atom is -0.481 e. The number of fused-ring (bicyclic) bond motifs is 3. The fourth-order valence-electron chi connectivity index (χ4n) is 4.17. The zero-order valence-corrected chi connectivity index (χ0v) is 17.5. The number of carbonyl (C=O) groups is 2. The standard InChI is InChI=1S/C21H28FN3O5/c1-21(2,3)30-20(28)23-8-9-24-15(11-23)12-25(19-18(24)29-19)14-6-4-13(16(22)10-14)5-7-17(26)27/h4,6,10,15,18-19H,5,7-9,11-12H2,1-3H3,(H,26,27)/t15-,18?,19?/m0/s1. The van der Waals surface area contributed by atoms with Crippen LogP contribution in [0.4, 0.5) is 14.9 Å². The molecule has 0 aromatic heterocycles. The Labute approximate surface area is 175 Å². The van der Waals surface area contributed by atoms with Crippen LogP contribution in [0, 0.1) is 5.82 Å². The minimum atomic E-state index is -0.948. The van der Waals surface area contributed by atoms with Crippen molar-refractivity contribution in [3.05, 3.63) is 29.6 Å². The second-order valence-corrected chi connectivity index (χ2v) is 9.06. The highest BCUT2D eigenvalue weighted by molar-refractivity contribution is 5.68. The first-order valence-electron chi connectivity index (χ1n) is 10.3. The maximum atomic E-state index is 14.5. The highest BCUT2D eigenvalue weighted by Gasteiger charge is 2.56. The molecule has 3 saturated heterocycles. The Morgan fingerprint density at radius 2 is 2.00 bits per heavy atom. The summed E-state index contributed by atoms with van der Waals surface area (Å²) in [5.41, 5.74) is 0.548. The summed E-state index contributed by atoms with van der Waals surface area (Å²) in [7, 11) is 0. The van der Waals surface area contributed by atoms with E-state index >= 15 is 0 Å². The number of carbonyl (C=O) groups excluding carboxylic acids is 1. The van der Waals surface area contributed by atoms with Crippen LogP contribution in [0.3, 0.4) is 0 Å². The third kappa shape index (κ3) is 4.37. The maximum Gasteiger partial charge on any atom is 0.410 e. The Bertz CT molecular complexity index is 842. The average molecular weight is 421 g/mol. The predicted octanol–water partition coefficient (Wildman–Crippen LogP) is 2.27. The van der Waals surface area contributed by atoms with E-state index in [0.717, 1.165) is 0 Å². The SMILES string of the molecule is CC(C)(C)OC(=O)N1CCN2C3OC3N(c3ccc(CCC(=O)O)c(F)c3)C[C@@H]2C1. The number of carboxylic acid groups (broad SMARTS) is 1. The van der Waals surface area contributed by atoms with E-state index < -0.39 is 17.4 Å². The number of aliphatic carboxylic acids is 1. The molecule has 2 unspecified atom stereocenters. The van der Waals surface area contributed by atoms with E-state index in [2.05, 4.69) is 4.90 Å². The van der Waals surface area contributed by atoms with Gasteiger partial charge >= 0.3 is 12.1 Å². The fraction of sp³-hybridized carbons (Fsp3) is 0.619. The lowest BCUT2D eigenvalue weighted by atomic mass is 10.1. The van der Waals surface area contributed by atoms with Crippen LogP contribution in [0.15, 0.2) is 18.2 Å². The topological polar surface area (TPSA) is 85.9 Å². The highest BCUT2D eigenvalue weighted by Crippen LogP contribution is 2.40. The number of anilines is 1. The first-order valence-corrected chi connectivity index (χ1v) is 10.3. The summed E-state index contributed by atoms with van der Waals surface area (Å²) in [5, 5.41) is 8.81. The summed E-state index contributed by atoms with van der Waals surface area (Å²) >= 11 is 0. The van der Waals surface area contributed by atoms with E-state index in [9.17, 15) is 14.0 Å². The summed E-state index contributed by atoms with van der Waals surface area (Å²) in [6.07, 6.45) is -0.449. The molecule has 8 nitrogen and oxygen atoms in total. The van der Waals surface area contributed by atoms with Crippen LogP contribution in [-0.2, 0) is 20.7 Å². The van der Waals surface area contributed by atoms with E-state index in [-0.39, 0.29) is 37.4 Å². The van der Waals surface area contributed by atoms with Crippen LogP contribution in [0.1, 0.15) is 32.8 Å². The first kappa shape index (κ1) is 20.9. The van der Waals surface area contributed by atoms with E-state index in [0.29, 0.717) is 37.4 Å². The molecule has 9 heteroatoms. The normalized spacial score (nSPS) is 26.1. The molecule has 1 aromatic rings. The van der Waals surface area contributed by atoms with Crippen LogP contribution in [-0.4, -0.2) is 77.2 Å². The van der Waals surface area contributed by atoms with Gasteiger partial charge in [-0.25, -0.2) is 9.18 Å². The monoisotopic (exact) mass is 421 g/mol. The lowest BCUT2D eigenvalue weighted by molar-refractivity contribution is -0.136. The van der Waals surface area contributed by atoms with Crippen molar-refractivity contribution in [3.63, 3.8) is 0 Å². The lowest BCUT2D eigenvalue weighted by Gasteiger charge is -2.45. The molecule has 3 aliphatic rings. The largest absolute Gasteiger partial charge is 0.481 e. The molecule has 0 spiro atoms. The zero-order chi connectivity index (χ0) is 21.6. The summed E-state index contributed by atoms with van der Waals surface area (Å²) in [6, 6.07) is 4.96. The quantitative estimate of drug-likeness (QED) is 0.747. The molecule has 3 heterocycles. The van der Waals surface area contributed by atoms with Crippen molar-refractivity contribution in [3.8, 4) is 0 Å². The number of rotatable bonds is 4. The van der Waals surface area contributed by atoms with E-state index in [1.807, 2.05) is 31.7 Å². The van der Waals surface area contributed by atoms with Gasteiger partial charge in [0.2, 0.25) is 0 Å². The van der Waals surface area contributed by atoms with Gasteiger partial charge in [0, 0.05) is 44.3 Å². The molecule has 1 amide bonds. The summed E-state index contributed by atoms with van der Waals surface area (Å²) < 4.78 is 25.9. The molecular weight excluding hydrogens is 393 g/mol. The van der Waals surface area contributed by atoms with Gasteiger partial charge in [-0.3, -0.25) is 9.69 Å². The van der Waals surface area contributed by atoms with E-state index in [4.69, 9.17) is 14.6 Å². The number of amides is 1. The second kappa shape index (κ2) is 7.70. The van der Waals surface area contributed by atoms with Crippen LogP contribution < -0.4 is 4.90 Å². The summed E-state index contributed by atoms with van der Waals surface area (Å²) in [5.74, 6) is -1.36. The van der Waals surface area contributed by atoms with Crippen molar-refractivity contribution in [2.24, 2.45) is 0 Å². The molecule has 4 rings (SSSR count). The van der Waals surface area contributed by atoms with Crippen molar-refractivity contribution >= 4 is 17.7 Å². The zero-order valence-electron chi connectivity index (χ0n) is 17.5. The van der Waals surface area contributed by atoms with E-state index in [1.54, 1.807) is 11.0 Å². The number of nitrogens with zero attached hydrogens (tertiary/aromatic N) is 3. The maximum absolute atomic E-state index is 14.5. The molecule has 0 radical (unpaired) electrons. The minimum absolute atomic E-state index is 0.0562. The van der Waals surface area contributed by atoms with Gasteiger partial charge in [0.25, 0.3) is 0 Å². The molecular formula is C21H28FN3O5. The second-order valence-electron chi connectivity index (χ2n) is 9.06. The van der Waals surface area contributed by atoms with Gasteiger partial charge in [-0.15, -0.1) is 0 Å². The van der Waals surface area contributed by atoms with Crippen molar-refractivity contribution in [2.45, 2.75) is 57.7 Å². The third-order valence-electron chi connectivity index (χ3n) is 5.64. The van der Waals surface area contributed by atoms with Crippen LogP contribution >= 0.6 is 0 Å². The van der Waals surface area contributed by atoms with Gasteiger partial charge in [0.1, 0.15) is 11.4 Å². The highest BCUT2D eigenvalue weighted by atomic mass is 19.1. The predicted molar refractivity (Wildman–Crippen MR) is 107 cm³/mol. The first-order chi connectivity index (χ1) is 14.1. The Kier molecular flexibility index (Phi) is 5.36. The van der Waals surface area contributed by atoms with Gasteiger partial charge in [-0.1, -0.05) is 6.07 Å². The smallest absolute Gasteiger partial charge is 0.410 e. The fourth-order valence-corrected chi connectivity index (χ4v) is 4.17. The Hall–Kier alpha value is -2.39. The molecule has 164 valence electrons. The number of piperazine rings is 2. The Morgan fingerprint density at radius 3 is 2.67 bits per heavy atom. The van der Waals surface area contributed by atoms with Crippen molar-refractivity contribution in [1.82, 2.24) is 9.80 Å². The van der Waals surface area contributed by atoms with Crippen molar-refractivity contribution in [1.29, 1.82) is 0 Å². The van der Waals surface area contributed by atoms with Gasteiger partial charge in [0.15, 0.2) is 12.5 Å². The molecule has 3 atom stereocenters. The van der Waals surface area contributed by atoms with E-state index in [1.165, 1.54) is 6.07 Å². The number of halogens is 1. The van der Waals surface area contributed by atoms with Gasteiger partial charge < -0.3 is 24.4 Å². The van der Waals surface area contributed by atoms with Crippen LogP contribution in [0.2, 0.25) is 0 Å².